The molecule has 0 saturated heterocycles. The molecule has 0 aliphatic rings. The van der Waals surface area contributed by atoms with E-state index < -0.39 is 5.97 Å². The first-order valence-corrected chi connectivity index (χ1v) is 7.13. The average Bonchev–Trinajstić information content (AvgIpc) is 2.46. The number of carbonyl (C=O) groups is 1. The SMILES string of the molecule is CCc1ccc(OCc2cccc(C(=O)O)c2)c(Br)c1. The van der Waals surface area contributed by atoms with Gasteiger partial charge < -0.3 is 9.84 Å². The van der Waals surface area contributed by atoms with Crippen LogP contribution < -0.4 is 4.74 Å². The van der Waals surface area contributed by atoms with Crippen LogP contribution in [0.2, 0.25) is 0 Å². The maximum absolute atomic E-state index is 10.9. The minimum Gasteiger partial charge on any atom is -0.488 e. The summed E-state index contributed by atoms with van der Waals surface area (Å²) in [6, 6.07) is 12.7. The Morgan fingerprint density at radius 2 is 2.00 bits per heavy atom. The fraction of sp³-hybridized carbons (Fsp3) is 0.188. The van der Waals surface area contributed by atoms with E-state index in [0.29, 0.717) is 6.61 Å². The van der Waals surface area contributed by atoms with Crippen LogP contribution in [0.5, 0.6) is 5.75 Å². The van der Waals surface area contributed by atoms with Crippen LogP contribution in [0.3, 0.4) is 0 Å². The van der Waals surface area contributed by atoms with Crippen molar-refractivity contribution in [1.82, 2.24) is 0 Å². The molecule has 20 heavy (non-hydrogen) atoms. The molecule has 0 aliphatic carbocycles. The lowest BCUT2D eigenvalue weighted by Gasteiger charge is -2.10. The zero-order chi connectivity index (χ0) is 14.5. The van der Waals surface area contributed by atoms with E-state index in [-0.39, 0.29) is 5.56 Å². The van der Waals surface area contributed by atoms with Crippen LogP contribution in [0.15, 0.2) is 46.9 Å². The standard InChI is InChI=1S/C16H15BrO3/c1-2-11-6-7-15(14(17)9-11)20-10-12-4-3-5-13(8-12)16(18)19/h3-9H,2,10H2,1H3,(H,18,19). The predicted molar refractivity (Wildman–Crippen MR) is 81.3 cm³/mol. The number of carboxylic acids is 1. The summed E-state index contributed by atoms with van der Waals surface area (Å²) in [4.78, 5) is 10.9. The molecule has 0 saturated carbocycles. The Balaban J connectivity index is 2.09. The van der Waals surface area contributed by atoms with E-state index in [1.165, 1.54) is 5.56 Å². The largest absolute Gasteiger partial charge is 0.488 e. The second-order valence-corrected chi connectivity index (χ2v) is 5.27. The zero-order valence-corrected chi connectivity index (χ0v) is 12.7. The molecule has 0 radical (unpaired) electrons. The molecule has 0 unspecified atom stereocenters. The average molecular weight is 335 g/mol. The molecule has 0 aromatic heterocycles. The summed E-state index contributed by atoms with van der Waals surface area (Å²) < 4.78 is 6.63. The minimum atomic E-state index is -0.930. The van der Waals surface area contributed by atoms with Gasteiger partial charge in [-0.05, 0) is 57.7 Å². The van der Waals surface area contributed by atoms with Crippen molar-refractivity contribution < 1.29 is 14.6 Å². The molecule has 2 aromatic rings. The molecule has 0 spiro atoms. The fourth-order valence-corrected chi connectivity index (χ4v) is 2.38. The smallest absolute Gasteiger partial charge is 0.335 e. The first kappa shape index (κ1) is 14.6. The predicted octanol–water partition coefficient (Wildman–Crippen LogP) is 4.29. The molecule has 0 amide bonds. The second-order valence-electron chi connectivity index (χ2n) is 4.41. The number of hydrogen-bond donors (Lipinski definition) is 1. The number of carboxylic acid groups (broad SMARTS) is 1. The van der Waals surface area contributed by atoms with Crippen LogP contribution in [-0.2, 0) is 13.0 Å². The highest BCUT2D eigenvalue weighted by atomic mass is 79.9. The summed E-state index contributed by atoms with van der Waals surface area (Å²) in [6.07, 6.45) is 0.972. The Morgan fingerprint density at radius 3 is 2.65 bits per heavy atom. The molecule has 3 nitrogen and oxygen atoms in total. The number of ether oxygens (including phenoxy) is 1. The molecule has 1 N–H and O–H groups in total. The number of rotatable bonds is 5. The molecular weight excluding hydrogens is 320 g/mol. The van der Waals surface area contributed by atoms with Gasteiger partial charge in [-0.3, -0.25) is 0 Å². The number of aromatic carboxylic acids is 1. The number of hydrogen-bond acceptors (Lipinski definition) is 2. The van der Waals surface area contributed by atoms with Crippen LogP contribution in [0.1, 0.15) is 28.4 Å². The number of halogens is 1. The normalized spacial score (nSPS) is 10.3. The van der Waals surface area contributed by atoms with Gasteiger partial charge in [-0.2, -0.15) is 0 Å². The van der Waals surface area contributed by atoms with Gasteiger partial charge in [-0.25, -0.2) is 4.79 Å². The van der Waals surface area contributed by atoms with Crippen molar-refractivity contribution in [3.63, 3.8) is 0 Å². The third-order valence-electron chi connectivity index (χ3n) is 2.97. The topological polar surface area (TPSA) is 46.5 Å². The van der Waals surface area contributed by atoms with Gasteiger partial charge >= 0.3 is 5.97 Å². The summed E-state index contributed by atoms with van der Waals surface area (Å²) in [5.41, 5.74) is 2.33. The van der Waals surface area contributed by atoms with Crippen molar-refractivity contribution in [3.05, 3.63) is 63.6 Å². The lowest BCUT2D eigenvalue weighted by atomic mass is 10.1. The summed E-state index contributed by atoms with van der Waals surface area (Å²) in [7, 11) is 0. The molecule has 0 atom stereocenters. The van der Waals surface area contributed by atoms with Crippen molar-refractivity contribution >= 4 is 21.9 Å². The molecule has 0 aliphatic heterocycles. The molecule has 2 aromatic carbocycles. The number of benzene rings is 2. The van der Waals surface area contributed by atoms with Crippen molar-refractivity contribution in [1.29, 1.82) is 0 Å². The molecule has 4 heteroatoms. The monoisotopic (exact) mass is 334 g/mol. The lowest BCUT2D eigenvalue weighted by Crippen LogP contribution is -2.00. The van der Waals surface area contributed by atoms with E-state index in [0.717, 1.165) is 22.2 Å². The Hall–Kier alpha value is -1.81. The van der Waals surface area contributed by atoms with Gasteiger partial charge in [-0.1, -0.05) is 25.1 Å². The highest BCUT2D eigenvalue weighted by Crippen LogP contribution is 2.27. The molecule has 104 valence electrons. The quantitative estimate of drug-likeness (QED) is 0.887. The first-order chi connectivity index (χ1) is 9.60. The minimum absolute atomic E-state index is 0.270. The van der Waals surface area contributed by atoms with Crippen molar-refractivity contribution in [2.24, 2.45) is 0 Å². The van der Waals surface area contributed by atoms with Gasteiger partial charge in [0.05, 0.1) is 10.0 Å². The third kappa shape index (κ3) is 3.61. The van der Waals surface area contributed by atoms with Gasteiger partial charge in [0.2, 0.25) is 0 Å². The summed E-state index contributed by atoms with van der Waals surface area (Å²) in [6.45, 7) is 2.44. The van der Waals surface area contributed by atoms with Gasteiger partial charge in [0.1, 0.15) is 12.4 Å². The summed E-state index contributed by atoms with van der Waals surface area (Å²) in [5.74, 6) is -0.178. The maximum Gasteiger partial charge on any atom is 0.335 e. The summed E-state index contributed by atoms with van der Waals surface area (Å²) in [5, 5.41) is 8.95. The van der Waals surface area contributed by atoms with E-state index in [4.69, 9.17) is 9.84 Å². The third-order valence-corrected chi connectivity index (χ3v) is 3.59. The van der Waals surface area contributed by atoms with Crippen LogP contribution in [0.4, 0.5) is 0 Å². The van der Waals surface area contributed by atoms with Crippen molar-refractivity contribution in [2.75, 3.05) is 0 Å². The maximum atomic E-state index is 10.9. The van der Waals surface area contributed by atoms with Crippen LogP contribution in [-0.4, -0.2) is 11.1 Å². The van der Waals surface area contributed by atoms with Crippen LogP contribution in [0.25, 0.3) is 0 Å². The second kappa shape index (κ2) is 6.57. The van der Waals surface area contributed by atoms with Gasteiger partial charge in [-0.15, -0.1) is 0 Å². The Labute approximate surface area is 126 Å². The molecule has 2 rings (SSSR count). The zero-order valence-electron chi connectivity index (χ0n) is 11.1. The molecule has 0 fully saturated rings. The van der Waals surface area contributed by atoms with Gasteiger partial charge in [0, 0.05) is 0 Å². The van der Waals surface area contributed by atoms with Crippen LogP contribution >= 0.6 is 15.9 Å². The Bertz CT molecular complexity index is 623. The van der Waals surface area contributed by atoms with E-state index >= 15 is 0 Å². The van der Waals surface area contributed by atoms with E-state index in [1.807, 2.05) is 24.3 Å². The van der Waals surface area contributed by atoms with Gasteiger partial charge in [0.25, 0.3) is 0 Å². The Kier molecular flexibility index (Phi) is 4.79. The molecule has 0 bridgehead atoms. The van der Waals surface area contributed by atoms with E-state index in [9.17, 15) is 4.79 Å². The van der Waals surface area contributed by atoms with E-state index in [2.05, 4.69) is 22.9 Å². The molecule has 0 heterocycles. The van der Waals surface area contributed by atoms with Crippen molar-refractivity contribution in [3.8, 4) is 5.75 Å². The Morgan fingerprint density at radius 1 is 1.20 bits per heavy atom. The summed E-state index contributed by atoms with van der Waals surface area (Å²) >= 11 is 3.48. The number of aryl methyl sites for hydroxylation is 1. The van der Waals surface area contributed by atoms with Gasteiger partial charge in [0.15, 0.2) is 0 Å². The van der Waals surface area contributed by atoms with E-state index in [1.54, 1.807) is 18.2 Å². The van der Waals surface area contributed by atoms with Crippen molar-refractivity contribution in [2.45, 2.75) is 20.0 Å². The highest BCUT2D eigenvalue weighted by Gasteiger charge is 2.05. The molecular formula is C16H15BrO3. The highest BCUT2D eigenvalue weighted by molar-refractivity contribution is 9.10. The van der Waals surface area contributed by atoms with Crippen LogP contribution in [0, 0.1) is 0 Å². The first-order valence-electron chi connectivity index (χ1n) is 6.33. The lowest BCUT2D eigenvalue weighted by molar-refractivity contribution is 0.0696. The fourth-order valence-electron chi connectivity index (χ4n) is 1.84.